The van der Waals surface area contributed by atoms with E-state index in [2.05, 4.69) is 20.3 Å². The van der Waals surface area contributed by atoms with Gasteiger partial charge in [-0.3, -0.25) is 0 Å². The van der Waals surface area contributed by atoms with Crippen molar-refractivity contribution < 1.29 is 8.78 Å². The Morgan fingerprint density at radius 2 is 1.81 bits per heavy atom. The summed E-state index contributed by atoms with van der Waals surface area (Å²) in [6.45, 7) is 0. The first kappa shape index (κ1) is 17.0. The van der Waals surface area contributed by atoms with Crippen LogP contribution in [0.1, 0.15) is 11.4 Å². The first-order valence-electron chi connectivity index (χ1n) is 7.46. The molecule has 0 unspecified atom stereocenters. The smallest absolute Gasteiger partial charge is 0.232 e. The van der Waals surface area contributed by atoms with E-state index < -0.39 is 11.6 Å². The molecule has 3 aromatic rings. The van der Waals surface area contributed by atoms with Gasteiger partial charge in [0.15, 0.2) is 17.5 Å². The average molecular weight is 350 g/mol. The largest absolute Gasteiger partial charge is 0.368 e. The normalized spacial score (nSPS) is 11.0. The highest BCUT2D eigenvalue weighted by atomic mass is 19.2. The minimum absolute atomic E-state index is 0.0168. The highest BCUT2D eigenvalue weighted by Crippen LogP contribution is 2.19. The van der Waals surface area contributed by atoms with Gasteiger partial charge in [0.2, 0.25) is 11.9 Å². The minimum atomic E-state index is -1.02. The van der Waals surface area contributed by atoms with Crippen LogP contribution in [0.4, 0.5) is 26.4 Å². The van der Waals surface area contributed by atoms with Crippen molar-refractivity contribution in [1.82, 2.24) is 15.0 Å². The maximum absolute atomic E-state index is 13.3. The highest BCUT2D eigenvalue weighted by molar-refractivity contribution is 5.87. The zero-order valence-electron chi connectivity index (χ0n) is 13.3. The quantitative estimate of drug-likeness (QED) is 0.698. The van der Waals surface area contributed by atoms with Crippen LogP contribution in [-0.2, 0) is 0 Å². The van der Waals surface area contributed by atoms with E-state index in [1.807, 2.05) is 36.4 Å². The summed E-state index contributed by atoms with van der Waals surface area (Å²) in [5, 5.41) is 12.3. The number of nitrogens with one attached hydrogen (secondary N) is 1. The molecule has 0 fully saturated rings. The molecular weight excluding hydrogens is 338 g/mol. The molecule has 1 aromatic heterocycles. The molecule has 8 heteroatoms. The number of para-hydroxylation sites is 1. The van der Waals surface area contributed by atoms with Crippen molar-refractivity contribution >= 4 is 29.2 Å². The van der Waals surface area contributed by atoms with E-state index in [0.29, 0.717) is 0 Å². The van der Waals surface area contributed by atoms with Gasteiger partial charge in [0.25, 0.3) is 0 Å². The molecule has 0 amide bonds. The standard InChI is InChI=1S/C18H12F2N6/c19-14-7-6-11(9-15(14)20)8-12(10-21)16-24-17(22)26-18(25-16)23-13-4-2-1-3-5-13/h1-9H,(H3,22,23,24,25,26)/b12-8-. The number of halogens is 2. The SMILES string of the molecule is N#C/C(=C/c1ccc(F)c(F)c1)c1nc(N)nc(Nc2ccccc2)n1. The number of aromatic nitrogens is 3. The van der Waals surface area contributed by atoms with Gasteiger partial charge >= 0.3 is 0 Å². The first-order valence-corrected chi connectivity index (χ1v) is 7.46. The van der Waals surface area contributed by atoms with Gasteiger partial charge in [0, 0.05) is 5.69 Å². The Balaban J connectivity index is 1.97. The fraction of sp³-hybridized carbons (Fsp3) is 0. The molecule has 128 valence electrons. The van der Waals surface area contributed by atoms with Gasteiger partial charge < -0.3 is 11.1 Å². The fourth-order valence-electron chi connectivity index (χ4n) is 2.13. The number of nitriles is 1. The summed E-state index contributed by atoms with van der Waals surface area (Å²) in [5.41, 5.74) is 6.74. The van der Waals surface area contributed by atoms with Crippen LogP contribution in [0.25, 0.3) is 11.6 Å². The highest BCUT2D eigenvalue weighted by Gasteiger charge is 2.11. The van der Waals surface area contributed by atoms with Crippen molar-refractivity contribution in [3.05, 3.63) is 71.6 Å². The van der Waals surface area contributed by atoms with Crippen LogP contribution in [0.3, 0.4) is 0 Å². The predicted molar refractivity (Wildman–Crippen MR) is 93.8 cm³/mol. The van der Waals surface area contributed by atoms with Crippen molar-refractivity contribution in [3.8, 4) is 6.07 Å². The van der Waals surface area contributed by atoms with Gasteiger partial charge in [-0.1, -0.05) is 24.3 Å². The van der Waals surface area contributed by atoms with Crippen LogP contribution in [0.2, 0.25) is 0 Å². The van der Waals surface area contributed by atoms with E-state index in [-0.39, 0.29) is 28.9 Å². The molecule has 0 spiro atoms. The predicted octanol–water partition coefficient (Wildman–Crippen LogP) is 3.54. The maximum atomic E-state index is 13.3. The molecular formula is C18H12F2N6. The molecule has 1 heterocycles. The van der Waals surface area contributed by atoms with Crippen LogP contribution < -0.4 is 11.1 Å². The number of nitrogen functional groups attached to an aromatic ring is 1. The molecule has 0 saturated heterocycles. The molecule has 0 aliphatic heterocycles. The van der Waals surface area contributed by atoms with Gasteiger partial charge in [-0.15, -0.1) is 0 Å². The molecule has 3 rings (SSSR count). The second-order valence-electron chi connectivity index (χ2n) is 5.18. The molecule has 26 heavy (non-hydrogen) atoms. The Hall–Kier alpha value is -3.86. The van der Waals surface area contributed by atoms with E-state index in [0.717, 1.165) is 17.8 Å². The fourth-order valence-corrected chi connectivity index (χ4v) is 2.13. The monoisotopic (exact) mass is 350 g/mol. The zero-order valence-corrected chi connectivity index (χ0v) is 13.3. The number of benzene rings is 2. The third-order valence-electron chi connectivity index (χ3n) is 3.30. The Bertz CT molecular complexity index is 1010. The Labute approximate surface area is 147 Å². The summed E-state index contributed by atoms with van der Waals surface area (Å²) in [6, 6.07) is 14.3. The second-order valence-corrected chi connectivity index (χ2v) is 5.18. The summed E-state index contributed by atoms with van der Waals surface area (Å²) in [6.07, 6.45) is 1.34. The Kier molecular flexibility index (Phi) is 4.80. The van der Waals surface area contributed by atoms with Crippen molar-refractivity contribution in [1.29, 1.82) is 5.26 Å². The molecule has 0 aliphatic carbocycles. The van der Waals surface area contributed by atoms with Crippen molar-refractivity contribution in [2.45, 2.75) is 0 Å². The van der Waals surface area contributed by atoms with E-state index in [1.165, 1.54) is 12.1 Å². The summed E-state index contributed by atoms with van der Waals surface area (Å²) in [4.78, 5) is 12.1. The van der Waals surface area contributed by atoms with Crippen LogP contribution in [0.15, 0.2) is 48.5 Å². The number of nitrogens with two attached hydrogens (primary N) is 1. The molecule has 0 radical (unpaired) electrons. The summed E-state index contributed by atoms with van der Waals surface area (Å²) < 4.78 is 26.4. The molecule has 0 saturated carbocycles. The number of hydrogen-bond donors (Lipinski definition) is 2. The maximum Gasteiger partial charge on any atom is 0.232 e. The minimum Gasteiger partial charge on any atom is -0.368 e. The second kappa shape index (κ2) is 7.36. The number of anilines is 3. The Morgan fingerprint density at radius 1 is 1.04 bits per heavy atom. The lowest BCUT2D eigenvalue weighted by molar-refractivity contribution is 0.508. The molecule has 3 N–H and O–H groups in total. The van der Waals surface area contributed by atoms with Gasteiger partial charge in [0.05, 0.1) is 5.57 Å². The van der Waals surface area contributed by atoms with Crippen LogP contribution in [0.5, 0.6) is 0 Å². The van der Waals surface area contributed by atoms with Crippen molar-refractivity contribution in [3.63, 3.8) is 0 Å². The molecule has 0 bridgehead atoms. The lowest BCUT2D eigenvalue weighted by Crippen LogP contribution is -2.06. The number of hydrogen-bond acceptors (Lipinski definition) is 6. The van der Waals surface area contributed by atoms with Gasteiger partial charge in [0.1, 0.15) is 6.07 Å². The Morgan fingerprint density at radius 3 is 2.50 bits per heavy atom. The zero-order chi connectivity index (χ0) is 18.5. The van der Waals surface area contributed by atoms with Crippen LogP contribution in [0, 0.1) is 23.0 Å². The number of rotatable bonds is 4. The summed E-state index contributed by atoms with van der Waals surface area (Å²) >= 11 is 0. The van der Waals surface area contributed by atoms with E-state index in [9.17, 15) is 14.0 Å². The number of nitrogens with zero attached hydrogens (tertiary/aromatic N) is 4. The van der Waals surface area contributed by atoms with Crippen LogP contribution >= 0.6 is 0 Å². The molecule has 0 atom stereocenters. The van der Waals surface area contributed by atoms with Gasteiger partial charge in [-0.25, -0.2) is 8.78 Å². The molecule has 6 nitrogen and oxygen atoms in total. The van der Waals surface area contributed by atoms with Crippen molar-refractivity contribution in [2.24, 2.45) is 0 Å². The topological polar surface area (TPSA) is 101 Å². The van der Waals surface area contributed by atoms with Crippen LogP contribution in [-0.4, -0.2) is 15.0 Å². The van der Waals surface area contributed by atoms with Gasteiger partial charge in [-0.2, -0.15) is 20.2 Å². The van der Waals surface area contributed by atoms with Gasteiger partial charge in [-0.05, 0) is 35.9 Å². The lowest BCUT2D eigenvalue weighted by Gasteiger charge is -2.07. The summed E-state index contributed by atoms with van der Waals surface area (Å²) in [5.74, 6) is -1.90. The summed E-state index contributed by atoms with van der Waals surface area (Å²) in [7, 11) is 0. The first-order chi connectivity index (χ1) is 12.5. The third-order valence-corrected chi connectivity index (χ3v) is 3.30. The van der Waals surface area contributed by atoms with E-state index in [1.54, 1.807) is 0 Å². The molecule has 2 aromatic carbocycles. The van der Waals surface area contributed by atoms with E-state index >= 15 is 0 Å². The third kappa shape index (κ3) is 3.96. The van der Waals surface area contributed by atoms with E-state index in [4.69, 9.17) is 5.73 Å². The average Bonchev–Trinajstić information content (AvgIpc) is 2.63. The van der Waals surface area contributed by atoms with Crippen molar-refractivity contribution in [2.75, 3.05) is 11.1 Å². The number of allylic oxidation sites excluding steroid dienone is 1. The molecule has 0 aliphatic rings. The lowest BCUT2D eigenvalue weighted by atomic mass is 10.1.